The smallest absolute Gasteiger partial charge is 0.245 e. The number of ether oxygens (including phenoxy) is 2. The third-order valence-corrected chi connectivity index (χ3v) is 5.88. The summed E-state index contributed by atoms with van der Waals surface area (Å²) in [6, 6.07) is 0. The average molecular weight is 382 g/mol. The van der Waals surface area contributed by atoms with Crippen LogP contribution in [0.4, 0.5) is 0 Å². The lowest BCUT2D eigenvalue weighted by molar-refractivity contribution is -0.0353. The zero-order valence-electron chi connectivity index (χ0n) is 15.7. The molecule has 1 fully saturated rings. The third-order valence-electron chi connectivity index (χ3n) is 4.41. The van der Waals surface area contributed by atoms with Crippen molar-refractivity contribution in [3.63, 3.8) is 0 Å². The van der Waals surface area contributed by atoms with Gasteiger partial charge in [-0.15, -0.1) is 13.2 Å². The second kappa shape index (κ2) is 7.27. The van der Waals surface area contributed by atoms with E-state index in [2.05, 4.69) is 34.6 Å². The summed E-state index contributed by atoms with van der Waals surface area (Å²) in [6.07, 6.45) is 4.05. The summed E-state index contributed by atoms with van der Waals surface area (Å²) in [5.74, 6) is 0.942. The van der Waals surface area contributed by atoms with Crippen molar-refractivity contribution in [2.24, 2.45) is 0 Å². The zero-order chi connectivity index (χ0) is 19.1. The minimum atomic E-state index is -1.23. The summed E-state index contributed by atoms with van der Waals surface area (Å²) < 4.78 is 13.2. The van der Waals surface area contributed by atoms with Crippen molar-refractivity contribution in [3.8, 4) is 5.88 Å². The fraction of sp³-hybridized carbons (Fsp3) is 0.647. The summed E-state index contributed by atoms with van der Waals surface area (Å²) >= 11 is 0. The molecule has 2 aromatic rings. The lowest BCUT2D eigenvalue weighted by Crippen LogP contribution is -2.31. The molecule has 2 N–H and O–H groups in total. The predicted molar refractivity (Wildman–Crippen MR) is 103 cm³/mol. The average Bonchev–Trinajstić information content (AvgIpc) is 3.08. The molecule has 2 aromatic heterocycles. The molecule has 0 bridgehead atoms. The quantitative estimate of drug-likeness (QED) is 0.725. The van der Waals surface area contributed by atoms with Crippen LogP contribution in [-0.4, -0.2) is 80.4 Å². The maximum absolute atomic E-state index is 10.5. The van der Waals surface area contributed by atoms with E-state index in [4.69, 9.17) is 9.47 Å². The summed E-state index contributed by atoms with van der Waals surface area (Å²) in [5, 5.41) is 20.9. The first kappa shape index (κ1) is 19.3. The predicted octanol–water partition coefficient (Wildman–Crippen LogP) is 1.25. The first-order valence-corrected chi connectivity index (χ1v) is 11.8. The normalized spacial score (nSPS) is 26.5. The number of nitrogens with zero attached hydrogens (tertiary/aromatic N) is 4. The van der Waals surface area contributed by atoms with Gasteiger partial charge in [-0.2, -0.15) is 4.98 Å². The molecule has 0 amide bonds. The highest BCUT2D eigenvalue weighted by Crippen LogP contribution is 2.40. The molecule has 3 heterocycles. The molecule has 1 aliphatic rings. The first-order chi connectivity index (χ1) is 12.2. The van der Waals surface area contributed by atoms with Crippen LogP contribution in [0.2, 0.25) is 0 Å². The van der Waals surface area contributed by atoms with E-state index in [1.54, 1.807) is 17.8 Å². The minimum Gasteiger partial charge on any atom is -0.476 e. The second-order valence-electron chi connectivity index (χ2n) is 7.33. The minimum absolute atomic E-state index is 0.405. The van der Waals surface area contributed by atoms with Crippen molar-refractivity contribution in [1.82, 2.24) is 19.5 Å². The molecule has 8 nitrogen and oxygen atoms in total. The molecular formula is C17H27N4O4P. The van der Waals surface area contributed by atoms with Crippen LogP contribution < -0.4 is 4.74 Å². The number of aliphatic hydroxyl groups is 2. The van der Waals surface area contributed by atoms with E-state index in [-0.39, 0.29) is 0 Å². The molecule has 3 rings (SSSR count). The van der Waals surface area contributed by atoms with Gasteiger partial charge in [0.1, 0.15) is 18.0 Å². The van der Waals surface area contributed by atoms with Crippen LogP contribution in [0, 0.1) is 6.92 Å². The van der Waals surface area contributed by atoms with E-state index >= 15 is 0 Å². The Hall–Kier alpha value is -1.47. The van der Waals surface area contributed by atoms with E-state index in [9.17, 15) is 10.2 Å². The van der Waals surface area contributed by atoms with Gasteiger partial charge in [0, 0.05) is 0 Å². The summed E-state index contributed by atoms with van der Waals surface area (Å²) in [7, 11) is 0. The number of rotatable bonds is 6. The Kier molecular flexibility index (Phi) is 5.40. The van der Waals surface area contributed by atoms with Gasteiger partial charge in [0.15, 0.2) is 17.4 Å². The topological polar surface area (TPSA) is 103 Å². The van der Waals surface area contributed by atoms with Crippen LogP contribution in [0.3, 0.4) is 0 Å². The molecule has 144 valence electrons. The number of aromatic nitrogens is 4. The maximum Gasteiger partial charge on any atom is 0.245 e. The summed E-state index contributed by atoms with van der Waals surface area (Å²) in [5.41, 5.74) is 1.03. The van der Waals surface area contributed by atoms with Gasteiger partial charge in [-0.3, -0.25) is 4.57 Å². The van der Waals surface area contributed by atoms with Gasteiger partial charge in [-0.1, -0.05) is 0 Å². The first-order valence-electron chi connectivity index (χ1n) is 8.74. The Morgan fingerprint density at radius 3 is 2.69 bits per heavy atom. The Balaban J connectivity index is 1.90. The summed E-state index contributed by atoms with van der Waals surface area (Å²) in [4.78, 5) is 13.0. The fourth-order valence-electron chi connectivity index (χ4n) is 3.09. The van der Waals surface area contributed by atoms with E-state index in [1.807, 2.05) is 6.92 Å². The fourth-order valence-corrected chi connectivity index (χ4v) is 4.05. The molecule has 1 saturated heterocycles. The number of aliphatic hydroxyl groups excluding tert-OH is 2. The van der Waals surface area contributed by atoms with Gasteiger partial charge in [-0.25, -0.2) is 9.97 Å². The molecule has 0 aromatic carbocycles. The Labute approximate surface area is 153 Å². The van der Waals surface area contributed by atoms with Crippen LogP contribution in [0.1, 0.15) is 25.4 Å². The Bertz CT molecular complexity index is 834. The van der Waals surface area contributed by atoms with Gasteiger partial charge in [0.2, 0.25) is 5.88 Å². The van der Waals surface area contributed by atoms with Gasteiger partial charge in [0.25, 0.3) is 0 Å². The number of aryl methyl sites for hydroxylation is 1. The molecule has 0 spiro atoms. The molecular weight excluding hydrogens is 355 g/mol. The molecule has 1 aliphatic heterocycles. The van der Waals surface area contributed by atoms with Crippen LogP contribution in [-0.2, 0) is 4.74 Å². The van der Waals surface area contributed by atoms with Gasteiger partial charge < -0.3 is 19.7 Å². The highest BCUT2D eigenvalue weighted by molar-refractivity contribution is 7.72. The number of imidazole rings is 1. The number of hydrogen-bond donors (Lipinski definition) is 2. The second-order valence-corrected chi connectivity index (χ2v) is 11.6. The highest BCUT2D eigenvalue weighted by Gasteiger charge is 2.44. The monoisotopic (exact) mass is 382 g/mol. The Morgan fingerprint density at radius 1 is 1.31 bits per heavy atom. The van der Waals surface area contributed by atoms with Crippen molar-refractivity contribution in [3.05, 3.63) is 12.2 Å². The summed E-state index contributed by atoms with van der Waals surface area (Å²) in [6.45, 7) is 7.15. The molecule has 26 heavy (non-hydrogen) atoms. The molecule has 9 heteroatoms. The van der Waals surface area contributed by atoms with Gasteiger partial charge in [-0.05, 0) is 39.8 Å². The van der Waals surface area contributed by atoms with Crippen molar-refractivity contribution in [2.45, 2.75) is 44.8 Å². The van der Waals surface area contributed by atoms with Crippen LogP contribution in [0.5, 0.6) is 5.88 Å². The van der Waals surface area contributed by atoms with Crippen molar-refractivity contribution < 1.29 is 19.7 Å². The lowest BCUT2D eigenvalue weighted by Gasteiger charge is -2.18. The standard InChI is InChI=1S/C17H27N4O4P/c1-6-24-16-12-15(19-10(2)20-16)21(9-18-12)17-14(23)13(22)11(25-17)7-8-26(3,4)5/h9,11,13-14,17,22-23H,3,6-8H2,1-2,4-5H3/t11-,13-,14-,17?/m1/s1. The zero-order valence-corrected chi connectivity index (χ0v) is 16.6. The van der Waals surface area contributed by atoms with Crippen LogP contribution >= 0.6 is 6.89 Å². The van der Waals surface area contributed by atoms with Crippen molar-refractivity contribution >= 4 is 24.3 Å². The molecule has 0 aliphatic carbocycles. The highest BCUT2D eigenvalue weighted by atomic mass is 31.2. The number of hydrogen-bond acceptors (Lipinski definition) is 7. The van der Waals surface area contributed by atoms with E-state index < -0.39 is 31.4 Å². The number of fused-ring (bicyclic) bond motifs is 1. The van der Waals surface area contributed by atoms with Crippen molar-refractivity contribution in [2.75, 3.05) is 26.1 Å². The Morgan fingerprint density at radius 2 is 2.04 bits per heavy atom. The van der Waals surface area contributed by atoms with Crippen LogP contribution in [0.15, 0.2) is 6.33 Å². The van der Waals surface area contributed by atoms with Gasteiger partial charge >= 0.3 is 0 Å². The molecule has 0 saturated carbocycles. The van der Waals surface area contributed by atoms with Crippen LogP contribution in [0.25, 0.3) is 11.2 Å². The van der Waals surface area contributed by atoms with Gasteiger partial charge in [0.05, 0.1) is 19.0 Å². The molecule has 1 unspecified atom stereocenters. The molecule has 0 radical (unpaired) electrons. The van der Waals surface area contributed by atoms with E-state index in [0.717, 1.165) is 6.16 Å². The third kappa shape index (κ3) is 3.78. The maximum atomic E-state index is 10.5. The lowest BCUT2D eigenvalue weighted by atomic mass is 10.1. The van der Waals surface area contributed by atoms with E-state index in [1.165, 1.54) is 0 Å². The van der Waals surface area contributed by atoms with E-state index in [0.29, 0.717) is 35.9 Å². The SMILES string of the molecule is C=P(C)(C)CC[C@H]1OC(n2cnc3c(OCC)nc(C)nc32)[C@H](O)[C@@H]1O. The largest absolute Gasteiger partial charge is 0.476 e. The van der Waals surface area contributed by atoms with Crippen molar-refractivity contribution in [1.29, 1.82) is 0 Å². The molecule has 4 atom stereocenters.